The van der Waals surface area contributed by atoms with Gasteiger partial charge in [-0.1, -0.05) is 18.2 Å². The fraction of sp³-hybridized carbons (Fsp3) is 0.474. The minimum atomic E-state index is 0.117. The van der Waals surface area contributed by atoms with E-state index in [1.54, 1.807) is 6.20 Å². The van der Waals surface area contributed by atoms with E-state index in [1.807, 2.05) is 40.5 Å². The molecule has 3 rings (SSSR count). The average Bonchev–Trinajstić information content (AvgIpc) is 3.12. The molecule has 1 atom stereocenters. The molecule has 1 aromatic heterocycles. The maximum absolute atomic E-state index is 12.5. The lowest BCUT2D eigenvalue weighted by atomic mass is 10.1. The van der Waals surface area contributed by atoms with Crippen molar-refractivity contribution in [2.24, 2.45) is 0 Å². The van der Waals surface area contributed by atoms with Crippen LogP contribution in [0.15, 0.2) is 47.6 Å². The number of nitrogens with zero attached hydrogens (tertiary/aromatic N) is 3. The molecule has 1 aromatic carbocycles. The highest BCUT2D eigenvalue weighted by atomic mass is 32.2. The molecule has 0 saturated carbocycles. The minimum Gasteiger partial charge on any atom is -0.343 e. The molecule has 0 N–H and O–H groups in total. The first-order valence-electron chi connectivity index (χ1n) is 8.62. The zero-order valence-electron chi connectivity index (χ0n) is 14.4. The van der Waals surface area contributed by atoms with Crippen molar-refractivity contribution >= 4 is 17.7 Å². The fourth-order valence-corrected chi connectivity index (χ4v) is 4.32. The van der Waals surface area contributed by atoms with Crippen LogP contribution in [0.1, 0.15) is 37.8 Å². The van der Waals surface area contributed by atoms with Crippen LogP contribution in [0.4, 0.5) is 0 Å². The van der Waals surface area contributed by atoms with Gasteiger partial charge >= 0.3 is 0 Å². The van der Waals surface area contributed by atoms with Crippen molar-refractivity contribution in [1.82, 2.24) is 14.7 Å². The quantitative estimate of drug-likeness (QED) is 0.826. The van der Waals surface area contributed by atoms with E-state index < -0.39 is 0 Å². The number of carbonyl (C=O) groups is 1. The third-order valence-electron chi connectivity index (χ3n) is 4.63. The van der Waals surface area contributed by atoms with Crippen LogP contribution in [-0.4, -0.2) is 38.9 Å². The van der Waals surface area contributed by atoms with Gasteiger partial charge in [-0.05, 0) is 44.4 Å². The summed E-state index contributed by atoms with van der Waals surface area (Å²) in [4.78, 5) is 15.9. The molecule has 1 aliphatic heterocycles. The summed E-state index contributed by atoms with van der Waals surface area (Å²) in [6.07, 6.45) is 6.34. The number of aromatic nitrogens is 2. The molecule has 0 spiro atoms. The van der Waals surface area contributed by atoms with Crippen molar-refractivity contribution in [2.45, 2.75) is 49.3 Å². The van der Waals surface area contributed by atoms with Gasteiger partial charge < -0.3 is 4.90 Å². The van der Waals surface area contributed by atoms with E-state index in [1.165, 1.54) is 10.5 Å². The summed E-state index contributed by atoms with van der Waals surface area (Å²) in [5.41, 5.74) is 1.34. The Morgan fingerprint density at radius 2 is 2.04 bits per heavy atom. The summed E-state index contributed by atoms with van der Waals surface area (Å²) < 4.78 is 1.86. The molecule has 1 fully saturated rings. The van der Waals surface area contributed by atoms with Crippen LogP contribution in [0.25, 0.3) is 0 Å². The molecule has 4 nitrogen and oxygen atoms in total. The summed E-state index contributed by atoms with van der Waals surface area (Å²) in [7, 11) is 0. The topological polar surface area (TPSA) is 38.1 Å². The number of carbonyl (C=O) groups excluding carboxylic acids is 1. The molecule has 1 saturated heterocycles. The molecule has 1 amide bonds. The first-order valence-corrected chi connectivity index (χ1v) is 9.50. The Hall–Kier alpha value is -1.75. The van der Waals surface area contributed by atoms with Gasteiger partial charge in [0.2, 0.25) is 5.91 Å². The molecular weight excluding hydrogens is 318 g/mol. The number of amides is 1. The number of benzene rings is 1. The molecule has 0 aliphatic carbocycles. The van der Waals surface area contributed by atoms with Gasteiger partial charge in [-0.25, -0.2) is 0 Å². The Balaban J connectivity index is 1.48. The van der Waals surface area contributed by atoms with Gasteiger partial charge in [-0.3, -0.25) is 9.48 Å². The third-order valence-corrected chi connectivity index (χ3v) is 6.15. The van der Waals surface area contributed by atoms with Crippen molar-refractivity contribution in [3.8, 4) is 0 Å². The second-order valence-corrected chi connectivity index (χ2v) is 7.84. The number of likely N-dealkylation sites (tertiary alicyclic amines) is 1. The number of hydrogen-bond acceptors (Lipinski definition) is 3. The average molecular weight is 343 g/mol. The van der Waals surface area contributed by atoms with Gasteiger partial charge in [0.05, 0.1) is 6.04 Å². The largest absolute Gasteiger partial charge is 0.343 e. The first kappa shape index (κ1) is 17.1. The van der Waals surface area contributed by atoms with Gasteiger partial charge in [-0.15, -0.1) is 11.8 Å². The summed E-state index contributed by atoms with van der Waals surface area (Å²) in [6.45, 7) is 5.95. The van der Waals surface area contributed by atoms with Crippen molar-refractivity contribution in [3.63, 3.8) is 0 Å². The van der Waals surface area contributed by atoms with Gasteiger partial charge in [0.1, 0.15) is 0 Å². The molecule has 24 heavy (non-hydrogen) atoms. The lowest BCUT2D eigenvalue weighted by Gasteiger charge is -2.32. The molecule has 1 unspecified atom stereocenters. The molecule has 2 aromatic rings. The fourth-order valence-electron chi connectivity index (χ4n) is 3.11. The Kier molecular flexibility index (Phi) is 5.61. The van der Waals surface area contributed by atoms with Crippen LogP contribution in [0.5, 0.6) is 0 Å². The number of piperidine rings is 1. The van der Waals surface area contributed by atoms with Gasteiger partial charge in [-0.2, -0.15) is 5.10 Å². The van der Waals surface area contributed by atoms with Crippen LogP contribution in [0, 0.1) is 6.92 Å². The van der Waals surface area contributed by atoms with Crippen LogP contribution in [-0.2, 0) is 4.79 Å². The highest BCUT2D eigenvalue weighted by Crippen LogP contribution is 2.32. The van der Waals surface area contributed by atoms with E-state index in [0.717, 1.165) is 25.9 Å². The summed E-state index contributed by atoms with van der Waals surface area (Å²) in [5.74, 6) is 0.248. The standard InChI is InChI=1S/C19H25N3OS/c1-15-6-3-4-7-18(15)24-17-8-12-21(13-9-17)19(23)14-16(2)22-11-5-10-20-22/h3-7,10-11,16-17H,8-9,12-14H2,1-2H3. The van der Waals surface area contributed by atoms with Gasteiger partial charge in [0.25, 0.3) is 0 Å². The van der Waals surface area contributed by atoms with Crippen molar-refractivity contribution in [3.05, 3.63) is 48.3 Å². The number of thioether (sulfide) groups is 1. The molecule has 2 heterocycles. The minimum absolute atomic E-state index is 0.117. The SMILES string of the molecule is Cc1ccccc1SC1CCN(C(=O)CC(C)n2cccn2)CC1. The smallest absolute Gasteiger partial charge is 0.224 e. The second-order valence-electron chi connectivity index (χ2n) is 6.50. The normalized spacial score (nSPS) is 17.0. The third kappa shape index (κ3) is 4.20. The lowest BCUT2D eigenvalue weighted by molar-refractivity contribution is -0.132. The number of aryl methyl sites for hydroxylation is 1. The van der Waals surface area contributed by atoms with Crippen molar-refractivity contribution < 1.29 is 4.79 Å². The van der Waals surface area contributed by atoms with E-state index in [0.29, 0.717) is 11.7 Å². The predicted octanol–water partition coefficient (Wildman–Crippen LogP) is 3.93. The molecule has 1 aliphatic rings. The Labute approximate surface area is 148 Å². The Morgan fingerprint density at radius 1 is 1.29 bits per heavy atom. The van der Waals surface area contributed by atoms with E-state index >= 15 is 0 Å². The van der Waals surface area contributed by atoms with Gasteiger partial charge in [0.15, 0.2) is 0 Å². The molecule has 0 radical (unpaired) electrons. The number of rotatable bonds is 5. The predicted molar refractivity (Wildman–Crippen MR) is 98.2 cm³/mol. The first-order chi connectivity index (χ1) is 11.6. The zero-order chi connectivity index (χ0) is 16.9. The van der Waals surface area contributed by atoms with Crippen LogP contribution < -0.4 is 0 Å². The molecule has 5 heteroatoms. The van der Waals surface area contributed by atoms with Crippen LogP contribution in [0.2, 0.25) is 0 Å². The maximum Gasteiger partial charge on any atom is 0.224 e. The van der Waals surface area contributed by atoms with E-state index in [4.69, 9.17) is 0 Å². The second kappa shape index (κ2) is 7.88. The van der Waals surface area contributed by atoms with Crippen molar-refractivity contribution in [1.29, 1.82) is 0 Å². The highest BCUT2D eigenvalue weighted by molar-refractivity contribution is 8.00. The monoisotopic (exact) mass is 343 g/mol. The molecule has 0 bridgehead atoms. The summed E-state index contributed by atoms with van der Waals surface area (Å²) in [6, 6.07) is 10.6. The van der Waals surface area contributed by atoms with E-state index in [9.17, 15) is 4.79 Å². The lowest BCUT2D eigenvalue weighted by Crippen LogP contribution is -2.40. The highest BCUT2D eigenvalue weighted by Gasteiger charge is 2.25. The summed E-state index contributed by atoms with van der Waals surface area (Å²) >= 11 is 1.96. The molecular formula is C19H25N3OS. The maximum atomic E-state index is 12.5. The van der Waals surface area contributed by atoms with Crippen LogP contribution in [0.3, 0.4) is 0 Å². The molecule has 128 valence electrons. The zero-order valence-corrected chi connectivity index (χ0v) is 15.2. The van der Waals surface area contributed by atoms with Gasteiger partial charge in [0, 0.05) is 42.0 Å². The van der Waals surface area contributed by atoms with E-state index in [-0.39, 0.29) is 11.9 Å². The van der Waals surface area contributed by atoms with E-state index in [2.05, 4.69) is 36.3 Å². The Bertz CT molecular complexity index is 663. The van der Waals surface area contributed by atoms with Crippen LogP contribution >= 0.6 is 11.8 Å². The van der Waals surface area contributed by atoms with Crippen molar-refractivity contribution in [2.75, 3.05) is 13.1 Å². The summed E-state index contributed by atoms with van der Waals surface area (Å²) in [5, 5.41) is 4.83. The Morgan fingerprint density at radius 3 is 2.71 bits per heavy atom. The number of hydrogen-bond donors (Lipinski definition) is 0.